The van der Waals surface area contributed by atoms with Gasteiger partial charge in [-0.05, 0) is 24.3 Å². The number of carbonyl (C=O) groups is 2. The third kappa shape index (κ3) is 2.12. The Hall–Kier alpha value is -2.08. The molecule has 2 aromatic rings. The summed E-state index contributed by atoms with van der Waals surface area (Å²) in [5, 5.41) is 11.8. The summed E-state index contributed by atoms with van der Waals surface area (Å²) in [4.78, 5) is 25.2. The van der Waals surface area contributed by atoms with Crippen LogP contribution >= 0.6 is 11.3 Å². The maximum atomic E-state index is 11.6. The van der Waals surface area contributed by atoms with Crippen molar-refractivity contribution in [3.8, 4) is 0 Å². The van der Waals surface area contributed by atoms with Crippen molar-refractivity contribution in [1.82, 2.24) is 4.98 Å². The van der Waals surface area contributed by atoms with Crippen molar-refractivity contribution in [3.63, 3.8) is 0 Å². The van der Waals surface area contributed by atoms with E-state index < -0.39 is 5.97 Å². The van der Waals surface area contributed by atoms with E-state index in [0.29, 0.717) is 10.7 Å². The first kappa shape index (κ1) is 10.4. The molecule has 3 N–H and O–H groups in total. The second-order valence-electron chi connectivity index (χ2n) is 3.01. The van der Waals surface area contributed by atoms with Crippen LogP contribution in [0.3, 0.4) is 0 Å². The number of aromatic amines is 1. The van der Waals surface area contributed by atoms with Gasteiger partial charge in [0.05, 0.1) is 5.00 Å². The molecule has 0 bridgehead atoms. The van der Waals surface area contributed by atoms with Gasteiger partial charge in [-0.25, -0.2) is 4.79 Å². The van der Waals surface area contributed by atoms with Crippen LogP contribution in [0.1, 0.15) is 20.2 Å². The van der Waals surface area contributed by atoms with Crippen molar-refractivity contribution < 1.29 is 14.7 Å². The largest absolute Gasteiger partial charge is 0.477 e. The van der Waals surface area contributed by atoms with E-state index in [9.17, 15) is 9.59 Å². The Morgan fingerprint density at radius 1 is 1.31 bits per heavy atom. The summed E-state index contributed by atoms with van der Waals surface area (Å²) in [6.07, 6.45) is 1.64. The highest BCUT2D eigenvalue weighted by Gasteiger charge is 2.10. The molecule has 0 aromatic carbocycles. The molecule has 0 radical (unpaired) electrons. The van der Waals surface area contributed by atoms with E-state index >= 15 is 0 Å². The summed E-state index contributed by atoms with van der Waals surface area (Å²) in [5.41, 5.74) is 0.435. The van der Waals surface area contributed by atoms with Crippen LogP contribution in [-0.4, -0.2) is 22.0 Å². The molecule has 2 heterocycles. The zero-order valence-corrected chi connectivity index (χ0v) is 8.88. The molecule has 82 valence electrons. The summed E-state index contributed by atoms with van der Waals surface area (Å²) in [6.45, 7) is 0. The quantitative estimate of drug-likeness (QED) is 0.762. The van der Waals surface area contributed by atoms with Crippen molar-refractivity contribution in [2.75, 3.05) is 5.32 Å². The van der Waals surface area contributed by atoms with Gasteiger partial charge in [-0.3, -0.25) is 4.79 Å². The number of anilines is 1. The monoisotopic (exact) mass is 236 g/mol. The zero-order valence-electron chi connectivity index (χ0n) is 8.06. The minimum Gasteiger partial charge on any atom is -0.477 e. The van der Waals surface area contributed by atoms with Crippen LogP contribution in [0.2, 0.25) is 0 Å². The van der Waals surface area contributed by atoms with Crippen LogP contribution < -0.4 is 5.32 Å². The van der Waals surface area contributed by atoms with E-state index in [1.807, 2.05) is 0 Å². The fourth-order valence-corrected chi connectivity index (χ4v) is 1.91. The van der Waals surface area contributed by atoms with Crippen LogP contribution in [0.25, 0.3) is 0 Å². The van der Waals surface area contributed by atoms with E-state index in [2.05, 4.69) is 10.3 Å². The molecule has 0 atom stereocenters. The summed E-state index contributed by atoms with van der Waals surface area (Å²) < 4.78 is 0. The number of carbonyl (C=O) groups excluding carboxylic acids is 1. The molecule has 1 amide bonds. The third-order valence-corrected chi connectivity index (χ3v) is 2.88. The van der Waals surface area contributed by atoms with Crippen LogP contribution in [0, 0.1) is 0 Å². The van der Waals surface area contributed by atoms with E-state index in [1.54, 1.807) is 24.4 Å². The van der Waals surface area contributed by atoms with E-state index in [-0.39, 0.29) is 10.8 Å². The van der Waals surface area contributed by atoms with Crippen molar-refractivity contribution in [3.05, 3.63) is 41.0 Å². The summed E-state index contributed by atoms with van der Waals surface area (Å²) in [6, 6.07) is 6.37. The maximum absolute atomic E-state index is 11.6. The average Bonchev–Trinajstić information content (AvgIpc) is 2.87. The first-order chi connectivity index (χ1) is 7.66. The molecule has 2 rings (SSSR count). The van der Waals surface area contributed by atoms with Crippen LogP contribution in [0.4, 0.5) is 5.00 Å². The lowest BCUT2D eigenvalue weighted by atomic mass is 10.4. The van der Waals surface area contributed by atoms with Crippen molar-refractivity contribution in [2.45, 2.75) is 0 Å². The molecule has 0 unspecified atom stereocenters. The molecular formula is C10H8N2O3S. The lowest BCUT2D eigenvalue weighted by molar-refractivity contribution is 0.0702. The second kappa shape index (κ2) is 4.19. The molecule has 0 saturated heterocycles. The molecule has 0 saturated carbocycles. The summed E-state index contributed by atoms with van der Waals surface area (Å²) in [7, 11) is 0. The number of H-pyrrole nitrogens is 1. The van der Waals surface area contributed by atoms with Gasteiger partial charge in [0, 0.05) is 6.20 Å². The van der Waals surface area contributed by atoms with Gasteiger partial charge in [-0.15, -0.1) is 11.3 Å². The highest BCUT2D eigenvalue weighted by Crippen LogP contribution is 2.22. The normalized spacial score (nSPS) is 10.0. The Morgan fingerprint density at radius 3 is 2.69 bits per heavy atom. The first-order valence-corrected chi connectivity index (χ1v) is 5.26. The molecule has 0 aliphatic heterocycles. The Bertz CT molecular complexity index is 516. The third-order valence-electron chi connectivity index (χ3n) is 1.90. The Labute approximate surface area is 94.7 Å². The number of thiophene rings is 1. The van der Waals surface area contributed by atoms with Crippen LogP contribution in [0.15, 0.2) is 30.5 Å². The van der Waals surface area contributed by atoms with E-state index in [1.165, 1.54) is 6.07 Å². The fourth-order valence-electron chi connectivity index (χ4n) is 1.17. The lowest BCUT2D eigenvalue weighted by Gasteiger charge is -1.98. The Balaban J connectivity index is 2.09. The summed E-state index contributed by atoms with van der Waals surface area (Å²) in [5.74, 6) is -1.28. The number of amides is 1. The smallest absolute Gasteiger partial charge is 0.345 e. The molecule has 0 aliphatic rings. The number of hydrogen-bond acceptors (Lipinski definition) is 3. The van der Waals surface area contributed by atoms with Gasteiger partial charge in [-0.1, -0.05) is 0 Å². The van der Waals surface area contributed by atoms with Crippen LogP contribution in [-0.2, 0) is 0 Å². The van der Waals surface area contributed by atoms with Crippen molar-refractivity contribution in [1.29, 1.82) is 0 Å². The van der Waals surface area contributed by atoms with Crippen molar-refractivity contribution in [2.24, 2.45) is 0 Å². The first-order valence-electron chi connectivity index (χ1n) is 4.44. The van der Waals surface area contributed by atoms with Gasteiger partial charge in [0.2, 0.25) is 0 Å². The standard InChI is InChI=1S/C10H8N2O3S/c13-9(6-2-1-5-11-6)12-8-4-3-7(16-8)10(14)15/h1-5,11H,(H,12,13)(H,14,15). The minimum atomic E-state index is -0.995. The van der Waals surface area contributed by atoms with Gasteiger partial charge >= 0.3 is 5.97 Å². The van der Waals surface area contributed by atoms with E-state index in [4.69, 9.17) is 5.11 Å². The number of carboxylic acids is 1. The van der Waals surface area contributed by atoms with Crippen molar-refractivity contribution >= 4 is 28.2 Å². The molecule has 2 aromatic heterocycles. The van der Waals surface area contributed by atoms with Gasteiger partial charge in [0.1, 0.15) is 10.6 Å². The molecular weight excluding hydrogens is 228 g/mol. The van der Waals surface area contributed by atoms with Gasteiger partial charge < -0.3 is 15.4 Å². The number of aromatic nitrogens is 1. The molecule has 0 fully saturated rings. The lowest BCUT2D eigenvalue weighted by Crippen LogP contribution is -2.10. The number of hydrogen-bond donors (Lipinski definition) is 3. The summed E-state index contributed by atoms with van der Waals surface area (Å²) >= 11 is 1.02. The van der Waals surface area contributed by atoms with Crippen LogP contribution in [0.5, 0.6) is 0 Å². The number of aromatic carboxylic acids is 1. The molecule has 6 heteroatoms. The number of nitrogens with one attached hydrogen (secondary N) is 2. The molecule has 0 aliphatic carbocycles. The number of carboxylic acid groups (broad SMARTS) is 1. The number of rotatable bonds is 3. The SMILES string of the molecule is O=C(Nc1ccc(C(=O)O)s1)c1ccc[nH]1. The Morgan fingerprint density at radius 2 is 2.12 bits per heavy atom. The van der Waals surface area contributed by atoms with E-state index in [0.717, 1.165) is 11.3 Å². The minimum absolute atomic E-state index is 0.196. The fraction of sp³-hybridized carbons (Fsp3) is 0. The van der Waals surface area contributed by atoms with Gasteiger partial charge in [0.15, 0.2) is 0 Å². The highest BCUT2D eigenvalue weighted by atomic mass is 32.1. The second-order valence-corrected chi connectivity index (χ2v) is 4.09. The maximum Gasteiger partial charge on any atom is 0.345 e. The zero-order chi connectivity index (χ0) is 11.5. The van der Waals surface area contributed by atoms with Gasteiger partial charge in [-0.2, -0.15) is 0 Å². The Kier molecular flexibility index (Phi) is 2.74. The predicted molar refractivity (Wildman–Crippen MR) is 60.0 cm³/mol. The highest BCUT2D eigenvalue weighted by molar-refractivity contribution is 7.18. The van der Waals surface area contributed by atoms with Gasteiger partial charge in [0.25, 0.3) is 5.91 Å². The average molecular weight is 236 g/mol. The molecule has 16 heavy (non-hydrogen) atoms. The molecule has 0 spiro atoms. The molecule has 5 nitrogen and oxygen atoms in total. The predicted octanol–water partition coefficient (Wildman–Crippen LogP) is 2.03. The topological polar surface area (TPSA) is 82.2 Å².